The molecule has 0 amide bonds. The lowest BCUT2D eigenvalue weighted by atomic mass is 10.00. The molecule has 0 radical (unpaired) electrons. The smallest absolute Gasteiger partial charge is 0.126 e. The zero-order valence-electron chi connectivity index (χ0n) is 11.3. The fourth-order valence-corrected chi connectivity index (χ4v) is 2.54. The van der Waals surface area contributed by atoms with Crippen molar-refractivity contribution in [2.75, 3.05) is 7.05 Å². The number of nitrogens with one attached hydrogen (secondary N) is 1. The van der Waals surface area contributed by atoms with Crippen molar-refractivity contribution < 1.29 is 4.39 Å². The van der Waals surface area contributed by atoms with Gasteiger partial charge in [0, 0.05) is 10.5 Å². The summed E-state index contributed by atoms with van der Waals surface area (Å²) in [6.07, 6.45) is 6.91. The molecule has 0 fully saturated rings. The van der Waals surface area contributed by atoms with Crippen molar-refractivity contribution in [2.45, 2.75) is 51.5 Å². The third-order valence-corrected chi connectivity index (χ3v) is 3.78. The normalized spacial score (nSPS) is 12.7. The molecule has 1 nitrogen and oxygen atoms in total. The summed E-state index contributed by atoms with van der Waals surface area (Å²) in [5, 5.41) is 3.29. The van der Waals surface area contributed by atoms with Crippen LogP contribution in [0.1, 0.15) is 44.6 Å². The minimum absolute atomic E-state index is 0.105. The minimum Gasteiger partial charge on any atom is -0.317 e. The van der Waals surface area contributed by atoms with Gasteiger partial charge in [-0.25, -0.2) is 4.39 Å². The molecule has 1 unspecified atom stereocenters. The zero-order valence-corrected chi connectivity index (χ0v) is 12.9. The predicted molar refractivity (Wildman–Crippen MR) is 79.4 cm³/mol. The van der Waals surface area contributed by atoms with Crippen LogP contribution in [0.3, 0.4) is 0 Å². The molecule has 1 aromatic rings. The van der Waals surface area contributed by atoms with E-state index in [2.05, 4.69) is 28.2 Å². The lowest BCUT2D eigenvalue weighted by Gasteiger charge is -2.16. The maximum absolute atomic E-state index is 13.7. The highest BCUT2D eigenvalue weighted by atomic mass is 79.9. The second kappa shape index (κ2) is 8.65. The lowest BCUT2D eigenvalue weighted by molar-refractivity contribution is 0.475. The molecule has 0 saturated heterocycles. The van der Waals surface area contributed by atoms with Crippen LogP contribution in [-0.2, 0) is 6.42 Å². The van der Waals surface area contributed by atoms with Crippen molar-refractivity contribution in [2.24, 2.45) is 0 Å². The first-order chi connectivity index (χ1) is 8.67. The van der Waals surface area contributed by atoms with Gasteiger partial charge in [0.25, 0.3) is 0 Å². The van der Waals surface area contributed by atoms with Crippen LogP contribution in [0.25, 0.3) is 0 Å². The lowest BCUT2D eigenvalue weighted by Crippen LogP contribution is -2.27. The van der Waals surface area contributed by atoms with Crippen molar-refractivity contribution in [3.63, 3.8) is 0 Å². The van der Waals surface area contributed by atoms with Crippen LogP contribution in [0, 0.1) is 5.82 Å². The molecule has 3 heteroatoms. The average Bonchev–Trinajstić information content (AvgIpc) is 2.37. The van der Waals surface area contributed by atoms with Gasteiger partial charge in [-0.15, -0.1) is 0 Å². The van der Waals surface area contributed by atoms with Gasteiger partial charge < -0.3 is 5.32 Å². The first-order valence-electron chi connectivity index (χ1n) is 6.78. The number of likely N-dealkylation sites (N-methyl/N-ethyl adjacent to an activating group) is 1. The van der Waals surface area contributed by atoms with E-state index in [1.807, 2.05) is 13.1 Å². The number of hydrogen-bond donors (Lipinski definition) is 1. The van der Waals surface area contributed by atoms with Crippen LogP contribution in [0.5, 0.6) is 0 Å². The van der Waals surface area contributed by atoms with E-state index in [0.717, 1.165) is 22.9 Å². The summed E-state index contributed by atoms with van der Waals surface area (Å²) >= 11 is 3.39. The highest BCUT2D eigenvalue weighted by Crippen LogP contribution is 2.18. The van der Waals surface area contributed by atoms with Crippen LogP contribution in [0.2, 0.25) is 0 Å². The van der Waals surface area contributed by atoms with E-state index >= 15 is 0 Å². The first kappa shape index (κ1) is 15.6. The van der Waals surface area contributed by atoms with Crippen LogP contribution in [0.4, 0.5) is 4.39 Å². The second-order valence-electron chi connectivity index (χ2n) is 4.77. The third-order valence-electron chi connectivity index (χ3n) is 3.29. The highest BCUT2D eigenvalue weighted by Gasteiger charge is 2.10. The summed E-state index contributed by atoms with van der Waals surface area (Å²) in [6.45, 7) is 2.21. The van der Waals surface area contributed by atoms with Gasteiger partial charge >= 0.3 is 0 Å². The molecule has 0 spiro atoms. The van der Waals surface area contributed by atoms with Crippen LogP contribution < -0.4 is 5.32 Å². The van der Waals surface area contributed by atoms with Gasteiger partial charge in [0.2, 0.25) is 0 Å². The van der Waals surface area contributed by atoms with Crippen molar-refractivity contribution >= 4 is 15.9 Å². The minimum atomic E-state index is -0.105. The molecule has 1 N–H and O–H groups in total. The Morgan fingerprint density at radius 1 is 1.28 bits per heavy atom. The number of halogens is 2. The van der Waals surface area contributed by atoms with Gasteiger partial charge in [0.05, 0.1) is 0 Å². The quantitative estimate of drug-likeness (QED) is 0.686. The predicted octanol–water partition coefficient (Wildman–Crippen LogP) is 4.69. The van der Waals surface area contributed by atoms with E-state index in [1.54, 1.807) is 6.07 Å². The number of hydrogen-bond acceptors (Lipinski definition) is 1. The van der Waals surface area contributed by atoms with Gasteiger partial charge in [-0.3, -0.25) is 0 Å². The standard InChI is InChI=1S/C15H23BrFN/c1-3-4-5-6-7-14(18-2)11-12-10-13(16)8-9-15(12)17/h8-10,14,18H,3-7,11H2,1-2H3. The van der Waals surface area contributed by atoms with Crippen LogP contribution in [0.15, 0.2) is 22.7 Å². The molecule has 0 aromatic heterocycles. The van der Waals surface area contributed by atoms with Gasteiger partial charge in [-0.05, 0) is 43.7 Å². The third kappa shape index (κ3) is 5.49. The molecule has 0 saturated carbocycles. The highest BCUT2D eigenvalue weighted by molar-refractivity contribution is 9.10. The summed E-state index contributed by atoms with van der Waals surface area (Å²) in [5.41, 5.74) is 0.791. The molecule has 1 rings (SSSR count). The molecular weight excluding hydrogens is 293 g/mol. The van der Waals surface area contributed by atoms with Gasteiger partial charge in [0.15, 0.2) is 0 Å². The average molecular weight is 316 g/mol. The maximum atomic E-state index is 13.7. The van der Waals surface area contributed by atoms with E-state index in [1.165, 1.54) is 31.7 Å². The Morgan fingerprint density at radius 2 is 2.06 bits per heavy atom. The molecule has 0 aliphatic carbocycles. The Morgan fingerprint density at radius 3 is 2.72 bits per heavy atom. The van der Waals surface area contributed by atoms with Crippen LogP contribution >= 0.6 is 15.9 Å². The van der Waals surface area contributed by atoms with E-state index in [9.17, 15) is 4.39 Å². The van der Waals surface area contributed by atoms with E-state index in [0.29, 0.717) is 6.04 Å². The SMILES string of the molecule is CCCCCCC(Cc1cc(Br)ccc1F)NC. The number of rotatable bonds is 8. The maximum Gasteiger partial charge on any atom is 0.126 e. The van der Waals surface area contributed by atoms with Gasteiger partial charge in [-0.1, -0.05) is 48.5 Å². The Balaban J connectivity index is 2.48. The van der Waals surface area contributed by atoms with E-state index in [-0.39, 0.29) is 5.82 Å². The zero-order chi connectivity index (χ0) is 13.4. The second-order valence-corrected chi connectivity index (χ2v) is 5.69. The molecular formula is C15H23BrFN. The Hall–Kier alpha value is -0.410. The number of unbranched alkanes of at least 4 members (excludes halogenated alkanes) is 3. The summed E-state index contributed by atoms with van der Waals surface area (Å²) in [7, 11) is 1.96. The Kier molecular flexibility index (Phi) is 7.52. The first-order valence-corrected chi connectivity index (χ1v) is 7.57. The van der Waals surface area contributed by atoms with Crippen molar-refractivity contribution in [3.05, 3.63) is 34.1 Å². The van der Waals surface area contributed by atoms with E-state index in [4.69, 9.17) is 0 Å². The fraction of sp³-hybridized carbons (Fsp3) is 0.600. The Bertz CT molecular complexity index is 354. The van der Waals surface area contributed by atoms with Crippen molar-refractivity contribution in [3.8, 4) is 0 Å². The molecule has 18 heavy (non-hydrogen) atoms. The Labute approximate surface area is 118 Å². The number of benzene rings is 1. The summed E-state index contributed by atoms with van der Waals surface area (Å²) in [5.74, 6) is -0.105. The molecule has 0 aliphatic rings. The van der Waals surface area contributed by atoms with Gasteiger partial charge in [-0.2, -0.15) is 0 Å². The van der Waals surface area contributed by atoms with E-state index < -0.39 is 0 Å². The molecule has 0 bridgehead atoms. The van der Waals surface area contributed by atoms with Crippen molar-refractivity contribution in [1.29, 1.82) is 0 Å². The monoisotopic (exact) mass is 315 g/mol. The molecule has 0 aliphatic heterocycles. The molecule has 0 heterocycles. The molecule has 102 valence electrons. The largest absolute Gasteiger partial charge is 0.317 e. The van der Waals surface area contributed by atoms with Crippen LogP contribution in [-0.4, -0.2) is 13.1 Å². The topological polar surface area (TPSA) is 12.0 Å². The fourth-order valence-electron chi connectivity index (χ4n) is 2.13. The summed E-state index contributed by atoms with van der Waals surface area (Å²) in [6, 6.07) is 5.52. The molecule has 1 atom stereocenters. The summed E-state index contributed by atoms with van der Waals surface area (Å²) in [4.78, 5) is 0. The van der Waals surface area contributed by atoms with Gasteiger partial charge in [0.1, 0.15) is 5.82 Å². The van der Waals surface area contributed by atoms with Crippen molar-refractivity contribution in [1.82, 2.24) is 5.32 Å². The summed E-state index contributed by atoms with van der Waals surface area (Å²) < 4.78 is 14.6. The molecule has 1 aromatic carbocycles.